The minimum atomic E-state index is -4.41. The standard InChI is InChI=1S/C15H10ClF3N2OS/c16-12-4-2-1-3-11(12)13(22)21-14(23)20-10-7-5-9(6-8-10)15(17,18)19/h1-8H,(H2,20,21,22,23). The van der Waals surface area contributed by atoms with Crippen molar-refractivity contribution in [3.63, 3.8) is 0 Å². The first-order valence-electron chi connectivity index (χ1n) is 6.31. The SMILES string of the molecule is O=C(NC(=S)Nc1ccc(C(F)(F)F)cc1)c1ccccc1Cl. The van der Waals surface area contributed by atoms with Gasteiger partial charge in [0.2, 0.25) is 0 Å². The van der Waals surface area contributed by atoms with E-state index in [4.69, 9.17) is 23.8 Å². The molecule has 0 bridgehead atoms. The highest BCUT2D eigenvalue weighted by Gasteiger charge is 2.29. The Balaban J connectivity index is 2.00. The molecule has 0 saturated carbocycles. The molecular weight excluding hydrogens is 349 g/mol. The van der Waals surface area contributed by atoms with Gasteiger partial charge in [-0.2, -0.15) is 13.2 Å². The van der Waals surface area contributed by atoms with Crippen LogP contribution < -0.4 is 10.6 Å². The summed E-state index contributed by atoms with van der Waals surface area (Å²) >= 11 is 10.8. The highest BCUT2D eigenvalue weighted by molar-refractivity contribution is 7.80. The molecule has 23 heavy (non-hydrogen) atoms. The van der Waals surface area contributed by atoms with Crippen LogP contribution in [-0.2, 0) is 6.18 Å². The normalized spacial score (nSPS) is 11.0. The Bertz CT molecular complexity index is 732. The van der Waals surface area contributed by atoms with E-state index in [0.29, 0.717) is 5.69 Å². The number of amides is 1. The van der Waals surface area contributed by atoms with Crippen molar-refractivity contribution in [3.05, 3.63) is 64.7 Å². The van der Waals surface area contributed by atoms with E-state index in [0.717, 1.165) is 12.1 Å². The van der Waals surface area contributed by atoms with E-state index in [9.17, 15) is 18.0 Å². The maximum Gasteiger partial charge on any atom is 0.416 e. The lowest BCUT2D eigenvalue weighted by molar-refractivity contribution is -0.137. The highest BCUT2D eigenvalue weighted by atomic mass is 35.5. The molecule has 8 heteroatoms. The number of nitrogens with one attached hydrogen (secondary N) is 2. The van der Waals surface area contributed by atoms with Gasteiger partial charge in [0.1, 0.15) is 0 Å². The van der Waals surface area contributed by atoms with Crippen LogP contribution in [0.4, 0.5) is 18.9 Å². The maximum atomic E-state index is 12.5. The summed E-state index contributed by atoms with van der Waals surface area (Å²) in [6.07, 6.45) is -4.41. The van der Waals surface area contributed by atoms with Crippen molar-refractivity contribution in [1.82, 2.24) is 5.32 Å². The smallest absolute Gasteiger partial charge is 0.332 e. The van der Waals surface area contributed by atoms with E-state index in [2.05, 4.69) is 10.6 Å². The van der Waals surface area contributed by atoms with Crippen molar-refractivity contribution >= 4 is 40.5 Å². The molecule has 0 aromatic heterocycles. The number of carbonyl (C=O) groups excluding carboxylic acids is 1. The van der Waals surface area contributed by atoms with Crippen molar-refractivity contribution in [2.75, 3.05) is 5.32 Å². The zero-order valence-electron chi connectivity index (χ0n) is 11.4. The van der Waals surface area contributed by atoms with Crippen LogP contribution in [0.15, 0.2) is 48.5 Å². The van der Waals surface area contributed by atoms with E-state index in [1.807, 2.05) is 0 Å². The Morgan fingerprint density at radius 1 is 1.04 bits per heavy atom. The van der Waals surface area contributed by atoms with Crippen LogP contribution in [0.1, 0.15) is 15.9 Å². The van der Waals surface area contributed by atoms with Crippen LogP contribution in [0.3, 0.4) is 0 Å². The first-order chi connectivity index (χ1) is 10.8. The average Bonchev–Trinajstić information content (AvgIpc) is 2.47. The molecule has 0 spiro atoms. The quantitative estimate of drug-likeness (QED) is 0.777. The summed E-state index contributed by atoms with van der Waals surface area (Å²) in [5.74, 6) is -0.514. The van der Waals surface area contributed by atoms with Crippen LogP contribution in [-0.4, -0.2) is 11.0 Å². The Labute approximate surface area is 140 Å². The lowest BCUT2D eigenvalue weighted by Gasteiger charge is -2.11. The zero-order valence-corrected chi connectivity index (χ0v) is 13.0. The van der Waals surface area contributed by atoms with Crippen LogP contribution in [0.5, 0.6) is 0 Å². The number of alkyl halides is 3. The molecule has 1 amide bonds. The number of anilines is 1. The van der Waals surface area contributed by atoms with Gasteiger partial charge < -0.3 is 5.32 Å². The van der Waals surface area contributed by atoms with Gasteiger partial charge in [0.05, 0.1) is 16.1 Å². The van der Waals surface area contributed by atoms with E-state index in [1.165, 1.54) is 18.2 Å². The molecule has 0 aliphatic carbocycles. The van der Waals surface area contributed by atoms with Gasteiger partial charge in [-0.05, 0) is 48.6 Å². The summed E-state index contributed by atoms with van der Waals surface area (Å²) in [6.45, 7) is 0. The molecule has 0 aliphatic rings. The maximum absolute atomic E-state index is 12.5. The summed E-state index contributed by atoms with van der Waals surface area (Å²) in [7, 11) is 0. The van der Waals surface area contributed by atoms with Crippen molar-refractivity contribution in [2.24, 2.45) is 0 Å². The van der Waals surface area contributed by atoms with Crippen LogP contribution in [0, 0.1) is 0 Å². The lowest BCUT2D eigenvalue weighted by Crippen LogP contribution is -2.34. The summed E-state index contributed by atoms with van der Waals surface area (Å²) < 4.78 is 37.4. The van der Waals surface area contributed by atoms with Gasteiger partial charge >= 0.3 is 6.18 Å². The topological polar surface area (TPSA) is 41.1 Å². The van der Waals surface area contributed by atoms with Crippen molar-refractivity contribution < 1.29 is 18.0 Å². The molecule has 0 radical (unpaired) electrons. The largest absolute Gasteiger partial charge is 0.416 e. The summed E-state index contributed by atoms with van der Waals surface area (Å²) in [6, 6.07) is 10.7. The third kappa shape index (κ3) is 4.67. The first kappa shape index (κ1) is 17.2. The minimum Gasteiger partial charge on any atom is -0.332 e. The van der Waals surface area contributed by atoms with Crippen molar-refractivity contribution in [2.45, 2.75) is 6.18 Å². The molecular formula is C15H10ClF3N2OS. The third-order valence-corrected chi connectivity index (χ3v) is 3.35. The number of benzene rings is 2. The molecule has 3 nitrogen and oxygen atoms in total. The van der Waals surface area contributed by atoms with Crippen molar-refractivity contribution in [3.8, 4) is 0 Å². The monoisotopic (exact) mass is 358 g/mol. The van der Waals surface area contributed by atoms with E-state index in [1.54, 1.807) is 18.2 Å². The second-order valence-corrected chi connectivity index (χ2v) is 5.28. The molecule has 2 N–H and O–H groups in total. The molecule has 120 valence electrons. The fourth-order valence-electron chi connectivity index (χ4n) is 1.72. The van der Waals surface area contributed by atoms with Crippen LogP contribution in [0.25, 0.3) is 0 Å². The van der Waals surface area contributed by atoms with Gasteiger partial charge in [0.15, 0.2) is 5.11 Å². The predicted molar refractivity (Wildman–Crippen MR) is 86.6 cm³/mol. The number of rotatable bonds is 2. The Kier molecular flexibility index (Phi) is 5.23. The number of carbonyl (C=O) groups is 1. The van der Waals surface area contributed by atoms with E-state index >= 15 is 0 Å². The predicted octanol–water partition coefficient (Wildman–Crippen LogP) is 4.49. The first-order valence-corrected chi connectivity index (χ1v) is 7.10. The molecule has 0 unspecified atom stereocenters. The molecule has 2 aromatic rings. The minimum absolute atomic E-state index is 0.0466. The molecule has 0 atom stereocenters. The lowest BCUT2D eigenvalue weighted by atomic mass is 10.2. The van der Waals surface area contributed by atoms with E-state index in [-0.39, 0.29) is 15.7 Å². The molecule has 0 heterocycles. The van der Waals surface area contributed by atoms with Gasteiger partial charge in [0.25, 0.3) is 5.91 Å². The number of hydrogen-bond donors (Lipinski definition) is 2. The Morgan fingerprint density at radius 3 is 2.22 bits per heavy atom. The van der Waals surface area contributed by atoms with Gasteiger partial charge in [-0.15, -0.1) is 0 Å². The summed E-state index contributed by atoms with van der Waals surface area (Å²) in [5.41, 5.74) is -0.206. The number of thiocarbonyl (C=S) groups is 1. The summed E-state index contributed by atoms with van der Waals surface area (Å²) in [5, 5.41) is 5.25. The second-order valence-electron chi connectivity index (χ2n) is 4.46. The zero-order chi connectivity index (χ0) is 17.0. The molecule has 2 rings (SSSR count). The fraction of sp³-hybridized carbons (Fsp3) is 0.0667. The van der Waals surface area contributed by atoms with Crippen LogP contribution in [0.2, 0.25) is 5.02 Å². The Morgan fingerprint density at radius 2 is 1.65 bits per heavy atom. The molecule has 0 aliphatic heterocycles. The molecule has 0 saturated heterocycles. The van der Waals surface area contributed by atoms with Gasteiger partial charge in [-0.1, -0.05) is 23.7 Å². The van der Waals surface area contributed by atoms with Gasteiger partial charge in [-0.25, -0.2) is 0 Å². The fourth-order valence-corrected chi connectivity index (χ4v) is 2.15. The van der Waals surface area contributed by atoms with E-state index < -0.39 is 17.6 Å². The highest BCUT2D eigenvalue weighted by Crippen LogP contribution is 2.29. The Hall–Kier alpha value is -2.12. The van der Waals surface area contributed by atoms with Gasteiger partial charge in [0, 0.05) is 5.69 Å². The van der Waals surface area contributed by atoms with Gasteiger partial charge in [-0.3, -0.25) is 10.1 Å². The van der Waals surface area contributed by atoms with Crippen molar-refractivity contribution in [1.29, 1.82) is 0 Å². The average molecular weight is 359 g/mol. The summed E-state index contributed by atoms with van der Waals surface area (Å²) in [4.78, 5) is 12.0. The van der Waals surface area contributed by atoms with Crippen LogP contribution >= 0.6 is 23.8 Å². The number of halogens is 4. The third-order valence-electron chi connectivity index (χ3n) is 2.82. The second kappa shape index (κ2) is 6.97. The molecule has 0 fully saturated rings. The number of hydrogen-bond acceptors (Lipinski definition) is 2. The molecule has 2 aromatic carbocycles.